The average molecular weight is 266 g/mol. The van der Waals surface area contributed by atoms with Gasteiger partial charge in [-0.05, 0) is 65.2 Å². The smallest absolute Gasteiger partial charge is 0.0659 e. The van der Waals surface area contributed by atoms with Crippen LogP contribution in [-0.4, -0.2) is 11.2 Å². The minimum Gasteiger partial charge on any atom is -0.369 e. The van der Waals surface area contributed by atoms with Crippen molar-refractivity contribution in [2.45, 2.75) is 90.3 Å². The fourth-order valence-corrected chi connectivity index (χ4v) is 2.44. The van der Waals surface area contributed by atoms with Crippen LogP contribution in [0.3, 0.4) is 0 Å². The summed E-state index contributed by atoms with van der Waals surface area (Å²) in [4.78, 5) is 0. The standard InChI is InChI=1S/C18H34O/c1-7-11-13-15-17(5,9-3)19-18(6,10-4)16-14-12-8-2/h7-8H,1-2,9-16H2,3-6H3. The maximum Gasteiger partial charge on any atom is 0.0659 e. The van der Waals surface area contributed by atoms with Gasteiger partial charge in [-0.1, -0.05) is 26.0 Å². The highest BCUT2D eigenvalue weighted by molar-refractivity contribution is 4.84. The third kappa shape index (κ3) is 7.57. The summed E-state index contributed by atoms with van der Waals surface area (Å²) >= 11 is 0. The van der Waals surface area contributed by atoms with E-state index < -0.39 is 0 Å². The molecule has 0 aromatic carbocycles. The van der Waals surface area contributed by atoms with Crippen LogP contribution in [-0.2, 0) is 4.74 Å². The van der Waals surface area contributed by atoms with E-state index in [1.807, 2.05) is 12.2 Å². The Morgan fingerprint density at radius 2 is 1.21 bits per heavy atom. The highest BCUT2D eigenvalue weighted by Crippen LogP contribution is 2.33. The summed E-state index contributed by atoms with van der Waals surface area (Å²) in [6, 6.07) is 0. The SMILES string of the molecule is C=CCCCC(C)(CC)OC(C)(CC)CCCC=C. The molecule has 0 heterocycles. The Bertz CT molecular complexity index is 232. The molecule has 0 fully saturated rings. The van der Waals surface area contributed by atoms with Gasteiger partial charge in [-0.3, -0.25) is 0 Å². The van der Waals surface area contributed by atoms with Gasteiger partial charge in [0.2, 0.25) is 0 Å². The number of allylic oxidation sites excluding steroid dienone is 2. The first kappa shape index (κ1) is 18.4. The van der Waals surface area contributed by atoms with Crippen molar-refractivity contribution in [3.8, 4) is 0 Å². The van der Waals surface area contributed by atoms with Gasteiger partial charge in [-0.15, -0.1) is 13.2 Å². The molecule has 0 spiro atoms. The number of hydrogen-bond donors (Lipinski definition) is 0. The number of hydrogen-bond acceptors (Lipinski definition) is 1. The van der Waals surface area contributed by atoms with E-state index in [9.17, 15) is 0 Å². The van der Waals surface area contributed by atoms with Gasteiger partial charge in [-0.25, -0.2) is 0 Å². The number of unbranched alkanes of at least 4 members (excludes halogenated alkanes) is 2. The van der Waals surface area contributed by atoms with E-state index in [0.717, 1.165) is 38.5 Å². The van der Waals surface area contributed by atoms with E-state index in [0.29, 0.717) is 0 Å². The molecule has 1 heteroatoms. The van der Waals surface area contributed by atoms with Gasteiger partial charge in [-0.2, -0.15) is 0 Å². The third-order valence-corrected chi connectivity index (χ3v) is 4.22. The first-order valence-electron chi connectivity index (χ1n) is 7.87. The molecule has 0 bridgehead atoms. The average Bonchev–Trinajstić information content (AvgIpc) is 2.39. The van der Waals surface area contributed by atoms with Crippen LogP contribution in [0.2, 0.25) is 0 Å². The molecule has 0 saturated carbocycles. The molecule has 0 aliphatic rings. The van der Waals surface area contributed by atoms with E-state index in [-0.39, 0.29) is 11.2 Å². The minimum absolute atomic E-state index is 0.00193. The summed E-state index contributed by atoms with van der Waals surface area (Å²) in [5, 5.41) is 0. The van der Waals surface area contributed by atoms with Crippen LogP contribution in [0.1, 0.15) is 79.1 Å². The molecule has 2 atom stereocenters. The molecule has 0 aromatic heterocycles. The van der Waals surface area contributed by atoms with Crippen molar-refractivity contribution in [1.29, 1.82) is 0 Å². The van der Waals surface area contributed by atoms with Crippen molar-refractivity contribution in [3.05, 3.63) is 25.3 Å². The Hall–Kier alpha value is -0.560. The molecule has 0 aliphatic heterocycles. The van der Waals surface area contributed by atoms with Crippen LogP contribution in [0.25, 0.3) is 0 Å². The normalized spacial score (nSPS) is 17.5. The summed E-state index contributed by atoms with van der Waals surface area (Å²) in [5.41, 5.74) is 0.00387. The third-order valence-electron chi connectivity index (χ3n) is 4.22. The largest absolute Gasteiger partial charge is 0.369 e. The highest BCUT2D eigenvalue weighted by Gasteiger charge is 2.32. The lowest BCUT2D eigenvalue weighted by atomic mass is 9.90. The first-order valence-corrected chi connectivity index (χ1v) is 7.87. The molecule has 1 nitrogen and oxygen atoms in total. The Balaban J connectivity index is 4.49. The quantitative estimate of drug-likeness (QED) is 0.308. The maximum absolute atomic E-state index is 6.55. The number of ether oxygens (including phenoxy) is 1. The van der Waals surface area contributed by atoms with Crippen LogP contribution >= 0.6 is 0 Å². The van der Waals surface area contributed by atoms with Gasteiger partial charge < -0.3 is 4.74 Å². The zero-order chi connectivity index (χ0) is 14.8. The molecule has 0 saturated heterocycles. The van der Waals surface area contributed by atoms with Crippen LogP contribution in [0, 0.1) is 0 Å². The van der Waals surface area contributed by atoms with Gasteiger partial charge in [0.05, 0.1) is 11.2 Å². The lowest BCUT2D eigenvalue weighted by Crippen LogP contribution is -2.40. The molecule has 112 valence electrons. The first-order chi connectivity index (χ1) is 8.95. The molecule has 19 heavy (non-hydrogen) atoms. The van der Waals surface area contributed by atoms with Gasteiger partial charge in [0.15, 0.2) is 0 Å². The van der Waals surface area contributed by atoms with E-state index in [1.54, 1.807) is 0 Å². The molecular weight excluding hydrogens is 232 g/mol. The van der Waals surface area contributed by atoms with Crippen molar-refractivity contribution >= 4 is 0 Å². The topological polar surface area (TPSA) is 9.23 Å². The predicted octanol–water partition coefficient (Wildman–Crippen LogP) is 6.05. The molecule has 0 N–H and O–H groups in total. The zero-order valence-electron chi connectivity index (χ0n) is 13.6. The lowest BCUT2D eigenvalue weighted by molar-refractivity contribution is -0.151. The van der Waals surface area contributed by atoms with E-state index in [1.165, 1.54) is 12.8 Å². The fraction of sp³-hybridized carbons (Fsp3) is 0.778. The Morgan fingerprint density at radius 3 is 1.47 bits per heavy atom. The van der Waals surface area contributed by atoms with Crippen LogP contribution in [0.15, 0.2) is 25.3 Å². The second-order valence-corrected chi connectivity index (χ2v) is 6.07. The maximum atomic E-state index is 6.55. The van der Waals surface area contributed by atoms with E-state index in [4.69, 9.17) is 4.74 Å². The second-order valence-electron chi connectivity index (χ2n) is 6.07. The second kappa shape index (κ2) is 9.36. The van der Waals surface area contributed by atoms with Gasteiger partial charge in [0.25, 0.3) is 0 Å². The summed E-state index contributed by atoms with van der Waals surface area (Å²) in [6.45, 7) is 16.6. The molecule has 0 aliphatic carbocycles. The molecule has 2 unspecified atom stereocenters. The van der Waals surface area contributed by atoms with Crippen molar-refractivity contribution < 1.29 is 4.74 Å². The van der Waals surface area contributed by atoms with Crippen molar-refractivity contribution in [3.63, 3.8) is 0 Å². The molecule has 0 radical (unpaired) electrons. The van der Waals surface area contributed by atoms with E-state index in [2.05, 4.69) is 40.9 Å². The molecular formula is C18H34O. The highest BCUT2D eigenvalue weighted by atomic mass is 16.5. The minimum atomic E-state index is 0.00193. The fourth-order valence-electron chi connectivity index (χ4n) is 2.44. The van der Waals surface area contributed by atoms with Gasteiger partial charge in [0, 0.05) is 0 Å². The monoisotopic (exact) mass is 266 g/mol. The van der Waals surface area contributed by atoms with Crippen LogP contribution in [0.5, 0.6) is 0 Å². The van der Waals surface area contributed by atoms with E-state index >= 15 is 0 Å². The molecule has 0 amide bonds. The van der Waals surface area contributed by atoms with Gasteiger partial charge >= 0.3 is 0 Å². The Kier molecular flexibility index (Phi) is 9.08. The Morgan fingerprint density at radius 1 is 0.842 bits per heavy atom. The van der Waals surface area contributed by atoms with Crippen LogP contribution < -0.4 is 0 Å². The van der Waals surface area contributed by atoms with Crippen molar-refractivity contribution in [2.24, 2.45) is 0 Å². The number of rotatable bonds is 12. The molecule has 0 rings (SSSR count). The van der Waals surface area contributed by atoms with Crippen molar-refractivity contribution in [1.82, 2.24) is 0 Å². The lowest BCUT2D eigenvalue weighted by Gasteiger charge is -2.40. The summed E-state index contributed by atoms with van der Waals surface area (Å²) in [6.07, 6.45) is 12.9. The van der Waals surface area contributed by atoms with Gasteiger partial charge in [0.1, 0.15) is 0 Å². The van der Waals surface area contributed by atoms with Crippen molar-refractivity contribution in [2.75, 3.05) is 0 Å². The summed E-state index contributed by atoms with van der Waals surface area (Å²) in [7, 11) is 0. The molecule has 0 aromatic rings. The predicted molar refractivity (Wildman–Crippen MR) is 86.6 cm³/mol. The summed E-state index contributed by atoms with van der Waals surface area (Å²) < 4.78 is 6.55. The zero-order valence-corrected chi connectivity index (χ0v) is 13.6. The summed E-state index contributed by atoms with van der Waals surface area (Å²) in [5.74, 6) is 0. The Labute approximate surface area is 121 Å². The van der Waals surface area contributed by atoms with Crippen LogP contribution in [0.4, 0.5) is 0 Å².